The number of anilines is 1. The minimum atomic E-state index is -0.291. The quantitative estimate of drug-likeness (QED) is 0.415. The van der Waals surface area contributed by atoms with Crippen molar-refractivity contribution in [3.63, 3.8) is 0 Å². The largest absolute Gasteiger partial charge is 0.379 e. The molecule has 1 aliphatic rings. The minimum Gasteiger partial charge on any atom is -0.379 e. The summed E-state index contributed by atoms with van der Waals surface area (Å²) < 4.78 is 5.32. The van der Waals surface area contributed by atoms with Gasteiger partial charge in [0.2, 0.25) is 0 Å². The van der Waals surface area contributed by atoms with Crippen molar-refractivity contribution in [2.75, 3.05) is 51.3 Å². The van der Waals surface area contributed by atoms with Gasteiger partial charge in [-0.15, -0.1) is 0 Å². The maximum absolute atomic E-state index is 12.4. The number of amides is 2. The molecule has 0 unspecified atom stereocenters. The molecule has 0 saturated carbocycles. The van der Waals surface area contributed by atoms with Crippen molar-refractivity contribution in [2.45, 2.75) is 0 Å². The van der Waals surface area contributed by atoms with Crippen LogP contribution in [0.1, 0.15) is 15.9 Å². The maximum atomic E-state index is 12.4. The summed E-state index contributed by atoms with van der Waals surface area (Å²) in [4.78, 5) is 30.5. The molecule has 1 fully saturated rings. The lowest BCUT2D eigenvalue weighted by Gasteiger charge is -2.26. The van der Waals surface area contributed by atoms with Gasteiger partial charge in [0.15, 0.2) is 0 Å². The highest BCUT2D eigenvalue weighted by molar-refractivity contribution is 5.95. The number of nitrogens with one attached hydrogen (secondary N) is 3. The first-order valence-electron chi connectivity index (χ1n) is 9.85. The highest BCUT2D eigenvalue weighted by Gasteiger charge is 2.11. The van der Waals surface area contributed by atoms with Crippen LogP contribution in [0.3, 0.4) is 0 Å². The molecule has 2 heterocycles. The highest BCUT2D eigenvalue weighted by atomic mass is 16.5. The number of ether oxygens (including phenoxy) is 1. The number of benzene rings is 1. The van der Waals surface area contributed by atoms with Crippen LogP contribution in [0, 0.1) is 0 Å². The smallest absolute Gasteiger partial charge is 0.259 e. The molecule has 0 aliphatic carbocycles. The average molecular weight is 410 g/mol. The fourth-order valence-electron chi connectivity index (χ4n) is 2.87. The van der Waals surface area contributed by atoms with E-state index in [0.717, 1.165) is 38.4 Å². The van der Waals surface area contributed by atoms with Crippen molar-refractivity contribution in [1.82, 2.24) is 20.6 Å². The van der Waals surface area contributed by atoms with Gasteiger partial charge in [-0.3, -0.25) is 19.5 Å². The topological polar surface area (TPSA) is 108 Å². The van der Waals surface area contributed by atoms with E-state index in [0.29, 0.717) is 17.8 Å². The second-order valence-corrected chi connectivity index (χ2v) is 6.72. The van der Waals surface area contributed by atoms with Crippen LogP contribution in [0.4, 0.5) is 5.69 Å². The van der Waals surface area contributed by atoms with Gasteiger partial charge in [-0.2, -0.15) is 5.10 Å². The van der Waals surface area contributed by atoms with E-state index in [4.69, 9.17) is 4.74 Å². The van der Waals surface area contributed by atoms with Crippen LogP contribution in [0.15, 0.2) is 53.9 Å². The number of rotatable bonds is 9. The Balaban J connectivity index is 1.40. The van der Waals surface area contributed by atoms with Crippen molar-refractivity contribution in [3.05, 3.63) is 59.9 Å². The SMILES string of the molecule is O=C(CNc1cccc(C(=O)NCCN2CCOCC2)c1)NN=Cc1ccncc1. The first-order valence-corrected chi connectivity index (χ1v) is 9.85. The first-order chi connectivity index (χ1) is 14.7. The van der Waals surface area contributed by atoms with E-state index in [2.05, 4.69) is 31.0 Å². The molecule has 3 N–H and O–H groups in total. The van der Waals surface area contributed by atoms with Gasteiger partial charge in [-0.1, -0.05) is 6.07 Å². The molecule has 1 aliphatic heterocycles. The van der Waals surface area contributed by atoms with Crippen molar-refractivity contribution in [3.8, 4) is 0 Å². The van der Waals surface area contributed by atoms with E-state index in [1.165, 1.54) is 0 Å². The maximum Gasteiger partial charge on any atom is 0.259 e. The van der Waals surface area contributed by atoms with E-state index >= 15 is 0 Å². The molecule has 1 aromatic carbocycles. The van der Waals surface area contributed by atoms with Gasteiger partial charge in [0, 0.05) is 49.8 Å². The van der Waals surface area contributed by atoms with E-state index in [-0.39, 0.29) is 18.4 Å². The third kappa shape index (κ3) is 7.26. The second-order valence-electron chi connectivity index (χ2n) is 6.72. The van der Waals surface area contributed by atoms with Crippen molar-refractivity contribution >= 4 is 23.7 Å². The van der Waals surface area contributed by atoms with Crippen molar-refractivity contribution < 1.29 is 14.3 Å². The molecular formula is C21H26N6O3. The Labute approximate surface area is 175 Å². The van der Waals surface area contributed by atoms with E-state index in [9.17, 15) is 9.59 Å². The van der Waals surface area contributed by atoms with E-state index in [1.807, 2.05) is 0 Å². The molecule has 30 heavy (non-hydrogen) atoms. The fourth-order valence-corrected chi connectivity index (χ4v) is 2.87. The number of hydrogen-bond donors (Lipinski definition) is 3. The lowest BCUT2D eigenvalue weighted by Crippen LogP contribution is -2.41. The molecule has 158 valence electrons. The Morgan fingerprint density at radius 2 is 1.97 bits per heavy atom. The molecule has 2 aromatic rings. The molecule has 1 saturated heterocycles. The number of carbonyl (C=O) groups is 2. The van der Waals surface area contributed by atoms with Crippen LogP contribution in [-0.2, 0) is 9.53 Å². The van der Waals surface area contributed by atoms with Crippen LogP contribution in [0.25, 0.3) is 0 Å². The molecule has 0 spiro atoms. The molecule has 3 rings (SSSR count). The molecule has 9 nitrogen and oxygen atoms in total. The van der Waals surface area contributed by atoms with Crippen LogP contribution in [0.5, 0.6) is 0 Å². The summed E-state index contributed by atoms with van der Waals surface area (Å²) in [6, 6.07) is 10.6. The first kappa shape index (κ1) is 21.4. The molecule has 9 heteroatoms. The van der Waals surface area contributed by atoms with Gasteiger partial charge < -0.3 is 15.4 Å². The van der Waals surface area contributed by atoms with E-state index in [1.54, 1.807) is 55.0 Å². The fraction of sp³-hybridized carbons (Fsp3) is 0.333. The predicted octanol–water partition coefficient (Wildman–Crippen LogP) is 0.706. The summed E-state index contributed by atoms with van der Waals surface area (Å²) in [6.45, 7) is 4.68. The molecule has 0 radical (unpaired) electrons. The monoisotopic (exact) mass is 410 g/mol. The summed E-state index contributed by atoms with van der Waals surface area (Å²) in [6.07, 6.45) is 4.84. The normalized spacial score (nSPS) is 14.4. The van der Waals surface area contributed by atoms with Gasteiger partial charge in [-0.05, 0) is 35.9 Å². The molecule has 2 amide bonds. The van der Waals surface area contributed by atoms with Crippen LogP contribution in [-0.4, -0.2) is 73.9 Å². The van der Waals surface area contributed by atoms with E-state index < -0.39 is 0 Å². The molecule has 1 aromatic heterocycles. The van der Waals surface area contributed by atoms with Crippen LogP contribution in [0.2, 0.25) is 0 Å². The lowest BCUT2D eigenvalue weighted by atomic mass is 10.2. The summed E-state index contributed by atoms with van der Waals surface area (Å²) in [5, 5.41) is 9.83. The average Bonchev–Trinajstić information content (AvgIpc) is 2.79. The Bertz CT molecular complexity index is 853. The Morgan fingerprint density at radius 1 is 1.17 bits per heavy atom. The third-order valence-corrected chi connectivity index (χ3v) is 4.50. The second kappa shape index (κ2) is 11.6. The molecule has 0 bridgehead atoms. The van der Waals surface area contributed by atoms with Crippen molar-refractivity contribution in [1.29, 1.82) is 0 Å². The van der Waals surface area contributed by atoms with Gasteiger partial charge >= 0.3 is 0 Å². The van der Waals surface area contributed by atoms with Crippen molar-refractivity contribution in [2.24, 2.45) is 5.10 Å². The van der Waals surface area contributed by atoms with Gasteiger partial charge in [0.25, 0.3) is 11.8 Å². The Hall–Kier alpha value is -3.30. The number of hydrazone groups is 1. The number of hydrogen-bond acceptors (Lipinski definition) is 7. The van der Waals surface area contributed by atoms with Gasteiger partial charge in [-0.25, -0.2) is 5.43 Å². The lowest BCUT2D eigenvalue weighted by molar-refractivity contribution is -0.119. The predicted molar refractivity (Wildman–Crippen MR) is 114 cm³/mol. The van der Waals surface area contributed by atoms with Crippen LogP contribution < -0.4 is 16.1 Å². The number of aromatic nitrogens is 1. The summed E-state index contributed by atoms with van der Waals surface area (Å²) in [5.41, 5.74) is 4.52. The highest BCUT2D eigenvalue weighted by Crippen LogP contribution is 2.10. The minimum absolute atomic E-state index is 0.0375. The standard InChI is InChI=1S/C21H26N6O3/c28-20(26-25-15-17-4-6-22-7-5-17)16-24-19-3-1-2-18(14-19)21(29)23-8-9-27-10-12-30-13-11-27/h1-7,14-15,24H,8-13,16H2,(H,23,29)(H,26,28). The summed E-state index contributed by atoms with van der Waals surface area (Å²) in [7, 11) is 0. The summed E-state index contributed by atoms with van der Waals surface area (Å²) >= 11 is 0. The summed E-state index contributed by atoms with van der Waals surface area (Å²) in [5.74, 6) is -0.431. The van der Waals surface area contributed by atoms with Gasteiger partial charge in [0.05, 0.1) is 26.0 Å². The van der Waals surface area contributed by atoms with Crippen LogP contribution >= 0.6 is 0 Å². The third-order valence-electron chi connectivity index (χ3n) is 4.50. The Morgan fingerprint density at radius 3 is 2.77 bits per heavy atom. The van der Waals surface area contributed by atoms with Gasteiger partial charge in [0.1, 0.15) is 0 Å². The Kier molecular flexibility index (Phi) is 8.31. The zero-order chi connectivity index (χ0) is 21.0. The number of morpholine rings is 1. The zero-order valence-electron chi connectivity index (χ0n) is 16.7. The molecular weight excluding hydrogens is 384 g/mol. The zero-order valence-corrected chi connectivity index (χ0v) is 16.7. The number of carbonyl (C=O) groups excluding carboxylic acids is 2. The molecule has 0 atom stereocenters. The number of nitrogens with zero attached hydrogens (tertiary/aromatic N) is 3. The number of pyridine rings is 1.